The largest absolute Gasteiger partial charge is 0.379 e. The van der Waals surface area contributed by atoms with Crippen LogP contribution in [0.4, 0.5) is 5.69 Å². The van der Waals surface area contributed by atoms with Crippen molar-refractivity contribution in [2.75, 3.05) is 5.32 Å². The summed E-state index contributed by atoms with van der Waals surface area (Å²) < 4.78 is 2.21. The second-order valence-corrected chi connectivity index (χ2v) is 5.46. The first-order valence-corrected chi connectivity index (χ1v) is 7.55. The van der Waals surface area contributed by atoms with E-state index in [1.165, 1.54) is 5.69 Å². The lowest BCUT2D eigenvalue weighted by Crippen LogP contribution is -2.25. The SMILES string of the molecule is CCn1cccc1CNc1ccc(C(=O)NC2CC2)cc1. The van der Waals surface area contributed by atoms with Crippen molar-refractivity contribution in [1.29, 1.82) is 0 Å². The summed E-state index contributed by atoms with van der Waals surface area (Å²) in [5.74, 6) is 0.0314. The first-order valence-electron chi connectivity index (χ1n) is 7.55. The number of carbonyl (C=O) groups excluding carboxylic acids is 1. The molecule has 3 rings (SSSR count). The second kappa shape index (κ2) is 6.04. The van der Waals surface area contributed by atoms with Crippen molar-refractivity contribution in [2.45, 2.75) is 38.9 Å². The predicted molar refractivity (Wildman–Crippen MR) is 84.4 cm³/mol. The number of carbonyl (C=O) groups is 1. The maximum absolute atomic E-state index is 11.9. The number of benzene rings is 1. The summed E-state index contributed by atoms with van der Waals surface area (Å²) in [6, 6.07) is 12.2. The summed E-state index contributed by atoms with van der Waals surface area (Å²) in [5.41, 5.74) is 3.01. The molecule has 1 amide bonds. The minimum absolute atomic E-state index is 0.0314. The normalized spacial score (nSPS) is 14.0. The lowest BCUT2D eigenvalue weighted by Gasteiger charge is -2.10. The van der Waals surface area contributed by atoms with Crippen LogP contribution >= 0.6 is 0 Å². The molecule has 1 saturated carbocycles. The van der Waals surface area contributed by atoms with Crippen LogP contribution in [0.25, 0.3) is 0 Å². The van der Waals surface area contributed by atoms with Crippen LogP contribution in [0, 0.1) is 0 Å². The van der Waals surface area contributed by atoms with E-state index in [9.17, 15) is 4.79 Å². The van der Waals surface area contributed by atoms with Gasteiger partial charge in [0.1, 0.15) is 0 Å². The molecule has 1 heterocycles. The molecule has 0 atom stereocenters. The Morgan fingerprint density at radius 1 is 1.24 bits per heavy atom. The summed E-state index contributed by atoms with van der Waals surface area (Å²) in [6.45, 7) is 3.90. The van der Waals surface area contributed by atoms with Crippen LogP contribution in [-0.4, -0.2) is 16.5 Å². The first-order chi connectivity index (χ1) is 10.3. The van der Waals surface area contributed by atoms with Crippen molar-refractivity contribution in [3.8, 4) is 0 Å². The number of nitrogens with zero attached hydrogens (tertiary/aromatic N) is 1. The van der Waals surface area contributed by atoms with E-state index in [1.807, 2.05) is 24.3 Å². The molecule has 0 bridgehead atoms. The number of aromatic nitrogens is 1. The Kier molecular flexibility index (Phi) is 3.95. The maximum Gasteiger partial charge on any atom is 0.251 e. The van der Waals surface area contributed by atoms with Gasteiger partial charge in [0.25, 0.3) is 5.91 Å². The van der Waals surface area contributed by atoms with Crippen LogP contribution < -0.4 is 10.6 Å². The van der Waals surface area contributed by atoms with Gasteiger partial charge >= 0.3 is 0 Å². The van der Waals surface area contributed by atoms with Gasteiger partial charge in [-0.3, -0.25) is 4.79 Å². The van der Waals surface area contributed by atoms with Crippen molar-refractivity contribution >= 4 is 11.6 Å². The van der Waals surface area contributed by atoms with E-state index in [4.69, 9.17) is 0 Å². The molecule has 110 valence electrons. The Hall–Kier alpha value is -2.23. The fourth-order valence-corrected chi connectivity index (χ4v) is 2.35. The zero-order chi connectivity index (χ0) is 14.7. The van der Waals surface area contributed by atoms with Gasteiger partial charge in [-0.15, -0.1) is 0 Å². The fraction of sp³-hybridized carbons (Fsp3) is 0.353. The fourth-order valence-electron chi connectivity index (χ4n) is 2.35. The van der Waals surface area contributed by atoms with E-state index < -0.39 is 0 Å². The lowest BCUT2D eigenvalue weighted by molar-refractivity contribution is 0.0951. The van der Waals surface area contributed by atoms with Gasteiger partial charge in [0.05, 0.1) is 6.54 Å². The highest BCUT2D eigenvalue weighted by Gasteiger charge is 2.23. The van der Waals surface area contributed by atoms with E-state index in [1.54, 1.807) is 0 Å². The Morgan fingerprint density at radius 2 is 2.00 bits per heavy atom. The molecule has 21 heavy (non-hydrogen) atoms. The monoisotopic (exact) mass is 283 g/mol. The van der Waals surface area contributed by atoms with Crippen LogP contribution in [0.2, 0.25) is 0 Å². The number of hydrogen-bond donors (Lipinski definition) is 2. The molecule has 0 saturated heterocycles. The standard InChI is InChI=1S/C17H21N3O/c1-2-20-11-3-4-16(20)12-18-14-7-5-13(6-8-14)17(21)19-15-9-10-15/h3-8,11,15,18H,2,9-10,12H2,1H3,(H,19,21). The molecule has 2 N–H and O–H groups in total. The number of aryl methyl sites for hydroxylation is 1. The van der Waals surface area contributed by atoms with Gasteiger partial charge < -0.3 is 15.2 Å². The van der Waals surface area contributed by atoms with E-state index in [0.29, 0.717) is 6.04 Å². The van der Waals surface area contributed by atoms with E-state index in [2.05, 4.69) is 40.5 Å². The summed E-state index contributed by atoms with van der Waals surface area (Å²) in [4.78, 5) is 11.9. The third kappa shape index (κ3) is 3.45. The number of hydrogen-bond acceptors (Lipinski definition) is 2. The lowest BCUT2D eigenvalue weighted by atomic mass is 10.2. The van der Waals surface area contributed by atoms with Gasteiger partial charge in [0, 0.05) is 35.7 Å². The highest BCUT2D eigenvalue weighted by atomic mass is 16.1. The predicted octanol–water partition coefficient (Wildman–Crippen LogP) is 3.01. The minimum Gasteiger partial charge on any atom is -0.379 e. The average molecular weight is 283 g/mol. The van der Waals surface area contributed by atoms with Crippen LogP contribution in [0.5, 0.6) is 0 Å². The summed E-state index contributed by atoms with van der Waals surface area (Å²) >= 11 is 0. The highest BCUT2D eigenvalue weighted by Crippen LogP contribution is 2.19. The summed E-state index contributed by atoms with van der Waals surface area (Å²) in [5, 5.41) is 6.38. The van der Waals surface area contributed by atoms with E-state index in [0.717, 1.165) is 37.2 Å². The van der Waals surface area contributed by atoms with Crippen molar-refractivity contribution < 1.29 is 4.79 Å². The molecule has 0 radical (unpaired) electrons. The van der Waals surface area contributed by atoms with Gasteiger partial charge in [-0.1, -0.05) is 0 Å². The number of amides is 1. The van der Waals surface area contributed by atoms with Crippen LogP contribution in [-0.2, 0) is 13.1 Å². The number of anilines is 1. The number of nitrogens with one attached hydrogen (secondary N) is 2. The van der Waals surface area contributed by atoms with E-state index >= 15 is 0 Å². The Labute approximate surface area is 125 Å². The third-order valence-corrected chi connectivity index (χ3v) is 3.80. The molecule has 1 aliphatic carbocycles. The van der Waals surface area contributed by atoms with Crippen molar-refractivity contribution in [2.24, 2.45) is 0 Å². The third-order valence-electron chi connectivity index (χ3n) is 3.80. The molecule has 0 spiro atoms. The van der Waals surface area contributed by atoms with E-state index in [-0.39, 0.29) is 5.91 Å². The topological polar surface area (TPSA) is 46.1 Å². The molecule has 2 aromatic rings. The van der Waals surface area contributed by atoms with Crippen molar-refractivity contribution in [1.82, 2.24) is 9.88 Å². The maximum atomic E-state index is 11.9. The quantitative estimate of drug-likeness (QED) is 0.856. The molecule has 4 heteroatoms. The molecule has 0 aliphatic heterocycles. The summed E-state index contributed by atoms with van der Waals surface area (Å²) in [6.07, 6.45) is 4.31. The first kappa shape index (κ1) is 13.7. The zero-order valence-corrected chi connectivity index (χ0v) is 12.3. The average Bonchev–Trinajstić information content (AvgIpc) is 3.20. The van der Waals surface area contributed by atoms with Gasteiger partial charge in [0.2, 0.25) is 0 Å². The van der Waals surface area contributed by atoms with Gasteiger partial charge in [-0.05, 0) is 56.2 Å². The van der Waals surface area contributed by atoms with Crippen LogP contribution in [0.3, 0.4) is 0 Å². The molecule has 1 aromatic carbocycles. The molecule has 1 aromatic heterocycles. The van der Waals surface area contributed by atoms with Crippen molar-refractivity contribution in [3.05, 3.63) is 53.9 Å². The molecule has 1 fully saturated rings. The Morgan fingerprint density at radius 3 is 2.67 bits per heavy atom. The second-order valence-electron chi connectivity index (χ2n) is 5.46. The zero-order valence-electron chi connectivity index (χ0n) is 12.3. The Balaban J connectivity index is 1.57. The molecular formula is C17H21N3O. The molecular weight excluding hydrogens is 262 g/mol. The minimum atomic E-state index is 0.0314. The molecule has 4 nitrogen and oxygen atoms in total. The van der Waals surface area contributed by atoms with Crippen LogP contribution in [0.15, 0.2) is 42.6 Å². The van der Waals surface area contributed by atoms with Gasteiger partial charge in [-0.25, -0.2) is 0 Å². The highest BCUT2D eigenvalue weighted by molar-refractivity contribution is 5.94. The van der Waals surface area contributed by atoms with Crippen LogP contribution in [0.1, 0.15) is 35.8 Å². The van der Waals surface area contributed by atoms with Gasteiger partial charge in [-0.2, -0.15) is 0 Å². The Bertz CT molecular complexity index is 611. The van der Waals surface area contributed by atoms with Gasteiger partial charge in [0.15, 0.2) is 0 Å². The molecule has 1 aliphatic rings. The number of rotatable bonds is 6. The summed E-state index contributed by atoms with van der Waals surface area (Å²) in [7, 11) is 0. The molecule has 0 unspecified atom stereocenters. The smallest absolute Gasteiger partial charge is 0.251 e. The van der Waals surface area contributed by atoms with Crippen molar-refractivity contribution in [3.63, 3.8) is 0 Å².